The van der Waals surface area contributed by atoms with Crippen LogP contribution in [0, 0.1) is 6.92 Å². The van der Waals surface area contributed by atoms with E-state index < -0.39 is 18.2 Å². The van der Waals surface area contributed by atoms with Crippen molar-refractivity contribution in [2.75, 3.05) is 6.26 Å². The number of sulfone groups is 1. The topological polar surface area (TPSA) is 54.4 Å². The highest BCUT2D eigenvalue weighted by Crippen LogP contribution is 2.43. The van der Waals surface area contributed by atoms with Gasteiger partial charge in [-0.15, -0.1) is 0 Å². The second kappa shape index (κ2) is 4.80. The quantitative estimate of drug-likeness (QED) is 0.653. The summed E-state index contributed by atoms with van der Waals surface area (Å²) >= 11 is 7.47. The summed E-state index contributed by atoms with van der Waals surface area (Å²) in [4.78, 5) is 0. The van der Waals surface area contributed by atoms with Crippen molar-refractivity contribution in [1.82, 2.24) is 0 Å². The van der Waals surface area contributed by atoms with E-state index in [1.165, 1.54) is 0 Å². The highest BCUT2D eigenvalue weighted by Gasteiger charge is 2.44. The lowest BCUT2D eigenvalue weighted by Gasteiger charge is -2.25. The smallest absolute Gasteiger partial charge is 0.224 e. The van der Waals surface area contributed by atoms with Crippen LogP contribution in [0.4, 0.5) is 0 Å². The van der Waals surface area contributed by atoms with Gasteiger partial charge in [0.05, 0.1) is 0 Å². The molecule has 0 bridgehead atoms. The van der Waals surface area contributed by atoms with E-state index in [0.29, 0.717) is 5.56 Å². The number of aryl methyl sites for hydroxylation is 1. The lowest BCUT2D eigenvalue weighted by molar-refractivity contribution is 0.187. The highest BCUT2D eigenvalue weighted by atomic mass is 127. The van der Waals surface area contributed by atoms with Gasteiger partial charge in [-0.25, -0.2) is 8.42 Å². The average molecular weight is 375 g/mol. The van der Waals surface area contributed by atoms with Crippen LogP contribution in [0.15, 0.2) is 24.3 Å². The zero-order chi connectivity index (χ0) is 12.6. The molecule has 0 radical (unpaired) electrons. The van der Waals surface area contributed by atoms with E-state index in [2.05, 4.69) is 0 Å². The van der Waals surface area contributed by atoms with Crippen LogP contribution in [0.25, 0.3) is 0 Å². The van der Waals surface area contributed by atoms with E-state index in [4.69, 9.17) is 11.6 Å². The molecule has 0 aliphatic rings. The molecule has 6 heteroatoms. The SMILES string of the molecule is Cc1ccccc1[C@H](O)[C@](Cl)(I)S(C)(=O)=O. The molecule has 2 atom stereocenters. The summed E-state index contributed by atoms with van der Waals surface area (Å²) in [5.41, 5.74) is 1.33. The maximum atomic E-state index is 11.5. The van der Waals surface area contributed by atoms with Gasteiger partial charge in [0.25, 0.3) is 0 Å². The molecule has 3 nitrogen and oxygen atoms in total. The van der Waals surface area contributed by atoms with E-state index in [9.17, 15) is 13.5 Å². The number of aliphatic hydroxyl groups excluding tert-OH is 1. The van der Waals surface area contributed by atoms with Gasteiger partial charge in [0.2, 0.25) is 2.21 Å². The molecule has 16 heavy (non-hydrogen) atoms. The summed E-state index contributed by atoms with van der Waals surface area (Å²) in [5.74, 6) is 0. The molecule has 0 amide bonds. The second-order valence-electron chi connectivity index (χ2n) is 3.59. The third-order valence-electron chi connectivity index (χ3n) is 2.30. The minimum atomic E-state index is -3.56. The van der Waals surface area contributed by atoms with Crippen LogP contribution in [0.3, 0.4) is 0 Å². The van der Waals surface area contributed by atoms with Gasteiger partial charge in [-0.1, -0.05) is 35.9 Å². The molecule has 0 saturated carbocycles. The van der Waals surface area contributed by atoms with Gasteiger partial charge >= 0.3 is 0 Å². The lowest BCUT2D eigenvalue weighted by Crippen LogP contribution is -2.32. The molecule has 0 aliphatic carbocycles. The molecule has 1 rings (SSSR count). The van der Waals surface area contributed by atoms with Gasteiger partial charge in [0.1, 0.15) is 6.10 Å². The number of benzene rings is 1. The molecule has 0 aliphatic heterocycles. The van der Waals surface area contributed by atoms with E-state index in [-0.39, 0.29) is 0 Å². The molecule has 1 N–H and O–H groups in total. The first-order valence-corrected chi connectivity index (χ1v) is 7.83. The minimum Gasteiger partial charge on any atom is -0.385 e. The third-order valence-corrected chi connectivity index (χ3v) is 7.55. The Hall–Kier alpha value is 0.150. The van der Waals surface area contributed by atoms with Crippen LogP contribution in [-0.4, -0.2) is 22.0 Å². The van der Waals surface area contributed by atoms with Crippen LogP contribution in [0.2, 0.25) is 0 Å². The van der Waals surface area contributed by atoms with Crippen molar-refractivity contribution in [1.29, 1.82) is 0 Å². The van der Waals surface area contributed by atoms with E-state index in [1.54, 1.807) is 47.7 Å². The minimum absolute atomic E-state index is 0.525. The maximum Gasteiger partial charge on any atom is 0.224 e. The van der Waals surface area contributed by atoms with Crippen molar-refractivity contribution < 1.29 is 13.5 Å². The number of hydrogen-bond donors (Lipinski definition) is 1. The van der Waals surface area contributed by atoms with Gasteiger partial charge in [0, 0.05) is 6.26 Å². The number of aliphatic hydroxyl groups is 1. The van der Waals surface area contributed by atoms with Crippen LogP contribution >= 0.6 is 34.2 Å². The zero-order valence-corrected chi connectivity index (χ0v) is 12.5. The summed E-state index contributed by atoms with van der Waals surface area (Å²) < 4.78 is 21.2. The first-order chi connectivity index (χ1) is 7.18. The Bertz CT molecular complexity index is 485. The first kappa shape index (κ1) is 14.2. The Morgan fingerprint density at radius 2 is 1.94 bits per heavy atom. The summed E-state index contributed by atoms with van der Waals surface area (Å²) in [5, 5.41) is 10.0. The van der Waals surface area contributed by atoms with Crippen molar-refractivity contribution in [3.8, 4) is 0 Å². The first-order valence-electron chi connectivity index (χ1n) is 4.49. The third kappa shape index (κ3) is 2.69. The summed E-state index contributed by atoms with van der Waals surface area (Å²) in [6.07, 6.45) is -0.250. The Labute approximate surface area is 114 Å². The van der Waals surface area contributed by atoms with Crippen LogP contribution < -0.4 is 0 Å². The predicted molar refractivity (Wildman–Crippen MR) is 73.6 cm³/mol. The summed E-state index contributed by atoms with van der Waals surface area (Å²) in [7, 11) is -3.56. The van der Waals surface area contributed by atoms with E-state index in [0.717, 1.165) is 11.8 Å². The molecule has 0 saturated heterocycles. The number of hydrogen-bond acceptors (Lipinski definition) is 3. The van der Waals surface area contributed by atoms with Crippen LogP contribution in [0.1, 0.15) is 17.2 Å². The molecular weight excluding hydrogens is 363 g/mol. The standard InChI is InChI=1S/C10H12ClIO3S/c1-7-5-3-4-6-8(7)9(13)10(11,12)16(2,14)15/h3-6,9,13H,1-2H3/t9-,10-/m0/s1. The van der Waals surface area contributed by atoms with Crippen molar-refractivity contribution in [2.24, 2.45) is 0 Å². The number of alkyl halides is 2. The van der Waals surface area contributed by atoms with Crippen molar-refractivity contribution in [2.45, 2.75) is 15.2 Å². The van der Waals surface area contributed by atoms with Crippen LogP contribution in [-0.2, 0) is 9.84 Å². The molecule has 90 valence electrons. The molecule has 0 aromatic heterocycles. The fourth-order valence-corrected chi connectivity index (χ4v) is 2.26. The van der Waals surface area contributed by atoms with E-state index in [1.807, 2.05) is 6.07 Å². The Morgan fingerprint density at radius 1 is 1.44 bits per heavy atom. The van der Waals surface area contributed by atoms with Crippen LogP contribution in [0.5, 0.6) is 0 Å². The highest BCUT2D eigenvalue weighted by molar-refractivity contribution is 14.1. The second-order valence-corrected chi connectivity index (χ2v) is 9.67. The van der Waals surface area contributed by atoms with Gasteiger partial charge in [-0.3, -0.25) is 0 Å². The van der Waals surface area contributed by atoms with Gasteiger partial charge in [0.15, 0.2) is 9.84 Å². The zero-order valence-electron chi connectivity index (χ0n) is 8.81. The molecule has 1 aromatic carbocycles. The predicted octanol–water partition coefficient (Wildman–Crippen LogP) is 2.40. The Balaban J connectivity index is 3.23. The van der Waals surface area contributed by atoms with E-state index >= 15 is 0 Å². The molecule has 0 spiro atoms. The fraction of sp³-hybridized carbons (Fsp3) is 0.400. The van der Waals surface area contributed by atoms with Crippen molar-refractivity contribution in [3.63, 3.8) is 0 Å². The molecule has 0 heterocycles. The average Bonchev–Trinajstić information content (AvgIpc) is 2.15. The molecular formula is C10H12ClIO3S. The monoisotopic (exact) mass is 374 g/mol. The molecule has 0 fully saturated rings. The van der Waals surface area contributed by atoms with Gasteiger partial charge < -0.3 is 5.11 Å². The Kier molecular flexibility index (Phi) is 4.26. The molecule has 0 unspecified atom stereocenters. The summed E-state index contributed by atoms with van der Waals surface area (Å²) in [6.45, 7) is 1.80. The number of rotatable bonds is 3. The largest absolute Gasteiger partial charge is 0.385 e. The number of halogens is 2. The normalized spacial score (nSPS) is 17.8. The Morgan fingerprint density at radius 3 is 2.38 bits per heavy atom. The fourth-order valence-electron chi connectivity index (χ4n) is 1.28. The van der Waals surface area contributed by atoms with Crippen molar-refractivity contribution in [3.05, 3.63) is 35.4 Å². The summed E-state index contributed by atoms with van der Waals surface area (Å²) in [6, 6.07) is 7.01. The van der Waals surface area contributed by atoms with Crippen molar-refractivity contribution >= 4 is 44.0 Å². The molecule has 1 aromatic rings. The maximum absolute atomic E-state index is 11.5. The van der Waals surface area contributed by atoms with Gasteiger partial charge in [-0.05, 0) is 40.6 Å². The lowest BCUT2D eigenvalue weighted by atomic mass is 10.0. The van der Waals surface area contributed by atoms with Gasteiger partial charge in [-0.2, -0.15) is 0 Å².